The Kier molecular flexibility index (Phi) is 7.06. The fourth-order valence-electron chi connectivity index (χ4n) is 3.45. The number of aliphatic hydroxyl groups is 1. The Hall–Kier alpha value is -1.39. The predicted octanol–water partition coefficient (Wildman–Crippen LogP) is 3.38. The zero-order valence-electron chi connectivity index (χ0n) is 14.4. The molecule has 0 heterocycles. The van der Waals surface area contributed by atoms with Gasteiger partial charge in [0.25, 0.3) is 0 Å². The molecule has 4 heteroatoms. The van der Waals surface area contributed by atoms with E-state index in [9.17, 15) is 9.90 Å². The van der Waals surface area contributed by atoms with Gasteiger partial charge in [-0.15, -0.1) is 0 Å². The summed E-state index contributed by atoms with van der Waals surface area (Å²) in [6.07, 6.45) is 6.01. The van der Waals surface area contributed by atoms with Crippen LogP contribution in [-0.4, -0.2) is 41.7 Å². The van der Waals surface area contributed by atoms with Crippen molar-refractivity contribution in [3.8, 4) is 0 Å². The molecule has 1 amide bonds. The van der Waals surface area contributed by atoms with Gasteiger partial charge in [-0.3, -0.25) is 9.69 Å². The molecule has 0 aromatic heterocycles. The van der Waals surface area contributed by atoms with Crippen molar-refractivity contribution in [3.05, 3.63) is 29.8 Å². The minimum Gasteiger partial charge on any atom is -0.395 e. The third-order valence-corrected chi connectivity index (χ3v) is 4.68. The van der Waals surface area contributed by atoms with Gasteiger partial charge >= 0.3 is 0 Å². The Morgan fingerprint density at radius 2 is 1.96 bits per heavy atom. The van der Waals surface area contributed by atoms with Crippen molar-refractivity contribution in [3.63, 3.8) is 0 Å². The van der Waals surface area contributed by atoms with Crippen molar-refractivity contribution < 1.29 is 9.90 Å². The standard InChI is InChI=1S/C19H30N2O2/c1-15(2)17-10-6-7-11-18(17)20-19(23)14-21(12-13-22)16-8-4-3-5-9-16/h6-7,10-11,15-16,22H,3-5,8-9,12-14H2,1-2H3,(H,20,23). The molecule has 1 aliphatic rings. The minimum atomic E-state index is 0.0112. The van der Waals surface area contributed by atoms with Crippen molar-refractivity contribution >= 4 is 11.6 Å². The van der Waals surface area contributed by atoms with Crippen LogP contribution in [0.15, 0.2) is 24.3 Å². The van der Waals surface area contributed by atoms with Gasteiger partial charge in [-0.1, -0.05) is 51.3 Å². The molecule has 1 aromatic carbocycles. The van der Waals surface area contributed by atoms with Gasteiger partial charge < -0.3 is 10.4 Å². The number of amides is 1. The lowest BCUT2D eigenvalue weighted by Gasteiger charge is -2.33. The number of carbonyl (C=O) groups is 1. The van der Waals surface area contributed by atoms with E-state index in [1.165, 1.54) is 19.3 Å². The number of hydrogen-bond acceptors (Lipinski definition) is 3. The van der Waals surface area contributed by atoms with E-state index in [2.05, 4.69) is 30.1 Å². The molecule has 0 atom stereocenters. The molecular formula is C19H30N2O2. The zero-order chi connectivity index (χ0) is 16.7. The van der Waals surface area contributed by atoms with Crippen LogP contribution in [0, 0.1) is 0 Å². The first-order valence-corrected chi connectivity index (χ1v) is 8.85. The summed E-state index contributed by atoms with van der Waals surface area (Å²) in [6, 6.07) is 8.41. The SMILES string of the molecule is CC(C)c1ccccc1NC(=O)CN(CCO)C1CCCCC1. The van der Waals surface area contributed by atoms with Gasteiger partial charge in [0, 0.05) is 18.3 Å². The molecule has 1 aromatic rings. The summed E-state index contributed by atoms with van der Waals surface area (Å²) in [5.41, 5.74) is 2.06. The highest BCUT2D eigenvalue weighted by Gasteiger charge is 2.23. The molecule has 0 bridgehead atoms. The molecule has 2 rings (SSSR count). The van der Waals surface area contributed by atoms with Gasteiger partial charge in [-0.2, -0.15) is 0 Å². The minimum absolute atomic E-state index is 0.0112. The highest BCUT2D eigenvalue weighted by atomic mass is 16.3. The van der Waals surface area contributed by atoms with Crippen LogP contribution in [0.1, 0.15) is 57.4 Å². The van der Waals surface area contributed by atoms with Crippen molar-refractivity contribution in [2.45, 2.75) is 57.9 Å². The molecule has 0 radical (unpaired) electrons. The van der Waals surface area contributed by atoms with E-state index < -0.39 is 0 Å². The second-order valence-corrected chi connectivity index (χ2v) is 6.78. The number of para-hydroxylation sites is 1. The summed E-state index contributed by atoms with van der Waals surface area (Å²) in [4.78, 5) is 14.6. The Morgan fingerprint density at radius 3 is 2.61 bits per heavy atom. The normalized spacial score (nSPS) is 16.0. The molecule has 2 N–H and O–H groups in total. The van der Waals surface area contributed by atoms with Crippen LogP contribution < -0.4 is 5.32 Å². The van der Waals surface area contributed by atoms with Gasteiger partial charge in [-0.05, 0) is 30.4 Å². The molecule has 4 nitrogen and oxygen atoms in total. The van der Waals surface area contributed by atoms with Crippen molar-refractivity contribution in [1.82, 2.24) is 4.90 Å². The predicted molar refractivity (Wildman–Crippen MR) is 94.7 cm³/mol. The van der Waals surface area contributed by atoms with E-state index in [0.717, 1.165) is 24.1 Å². The van der Waals surface area contributed by atoms with Crippen molar-refractivity contribution in [2.75, 3.05) is 25.0 Å². The number of rotatable bonds is 7. The van der Waals surface area contributed by atoms with Crippen LogP contribution >= 0.6 is 0 Å². The Bertz CT molecular complexity index is 496. The largest absolute Gasteiger partial charge is 0.395 e. The van der Waals surface area contributed by atoms with Crippen LogP contribution in [0.2, 0.25) is 0 Å². The van der Waals surface area contributed by atoms with E-state index in [1.807, 2.05) is 18.2 Å². The highest BCUT2D eigenvalue weighted by molar-refractivity contribution is 5.93. The Morgan fingerprint density at radius 1 is 1.26 bits per heavy atom. The number of anilines is 1. The van der Waals surface area contributed by atoms with E-state index in [1.54, 1.807) is 0 Å². The lowest BCUT2D eigenvalue weighted by atomic mass is 9.94. The molecular weight excluding hydrogens is 288 g/mol. The zero-order valence-corrected chi connectivity index (χ0v) is 14.4. The van der Waals surface area contributed by atoms with Gasteiger partial charge in [0.15, 0.2) is 0 Å². The van der Waals surface area contributed by atoms with Gasteiger partial charge in [0.2, 0.25) is 5.91 Å². The number of nitrogens with one attached hydrogen (secondary N) is 1. The maximum atomic E-state index is 12.5. The van der Waals surface area contributed by atoms with Crippen LogP contribution in [0.5, 0.6) is 0 Å². The smallest absolute Gasteiger partial charge is 0.238 e. The Labute approximate surface area is 139 Å². The highest BCUT2D eigenvalue weighted by Crippen LogP contribution is 2.25. The van der Waals surface area contributed by atoms with E-state index >= 15 is 0 Å². The summed E-state index contributed by atoms with van der Waals surface area (Å²) >= 11 is 0. The number of hydrogen-bond donors (Lipinski definition) is 2. The maximum absolute atomic E-state index is 12.5. The second kappa shape index (κ2) is 9.04. The van der Waals surface area contributed by atoms with E-state index in [-0.39, 0.29) is 12.5 Å². The first-order chi connectivity index (χ1) is 11.1. The average molecular weight is 318 g/mol. The summed E-state index contributed by atoms with van der Waals surface area (Å²) < 4.78 is 0. The summed E-state index contributed by atoms with van der Waals surface area (Å²) in [7, 11) is 0. The lowest BCUT2D eigenvalue weighted by molar-refractivity contribution is -0.118. The summed E-state index contributed by atoms with van der Waals surface area (Å²) in [6.45, 7) is 5.30. The Balaban J connectivity index is 1.99. The molecule has 0 spiro atoms. The van der Waals surface area contributed by atoms with Gasteiger partial charge in [-0.25, -0.2) is 0 Å². The fraction of sp³-hybridized carbons (Fsp3) is 0.632. The van der Waals surface area contributed by atoms with Crippen molar-refractivity contribution in [2.24, 2.45) is 0 Å². The van der Waals surface area contributed by atoms with Crippen LogP contribution in [0.25, 0.3) is 0 Å². The average Bonchev–Trinajstić information content (AvgIpc) is 2.55. The third-order valence-electron chi connectivity index (χ3n) is 4.68. The summed E-state index contributed by atoms with van der Waals surface area (Å²) in [5, 5.41) is 12.4. The van der Waals surface area contributed by atoms with E-state index in [0.29, 0.717) is 25.0 Å². The molecule has 0 aliphatic heterocycles. The molecule has 1 saturated carbocycles. The molecule has 1 fully saturated rings. The topological polar surface area (TPSA) is 52.6 Å². The van der Waals surface area contributed by atoms with Crippen LogP contribution in [0.4, 0.5) is 5.69 Å². The molecule has 1 aliphatic carbocycles. The summed E-state index contributed by atoms with van der Waals surface area (Å²) in [5.74, 6) is 0.385. The molecule has 23 heavy (non-hydrogen) atoms. The monoisotopic (exact) mass is 318 g/mol. The number of carbonyl (C=O) groups excluding carboxylic acids is 1. The van der Waals surface area contributed by atoms with Gasteiger partial charge in [0.05, 0.1) is 13.2 Å². The lowest BCUT2D eigenvalue weighted by Crippen LogP contribution is -2.43. The van der Waals surface area contributed by atoms with Gasteiger partial charge in [0.1, 0.15) is 0 Å². The second-order valence-electron chi connectivity index (χ2n) is 6.78. The molecule has 0 saturated heterocycles. The number of nitrogens with zero attached hydrogens (tertiary/aromatic N) is 1. The molecule has 128 valence electrons. The van der Waals surface area contributed by atoms with Crippen LogP contribution in [-0.2, 0) is 4.79 Å². The molecule has 0 unspecified atom stereocenters. The number of aliphatic hydroxyl groups excluding tert-OH is 1. The third kappa shape index (κ3) is 5.33. The first-order valence-electron chi connectivity index (χ1n) is 8.85. The quantitative estimate of drug-likeness (QED) is 0.810. The van der Waals surface area contributed by atoms with E-state index in [4.69, 9.17) is 0 Å². The first kappa shape index (κ1) is 18.0. The number of benzene rings is 1. The van der Waals surface area contributed by atoms with Crippen LogP contribution in [0.3, 0.4) is 0 Å². The fourth-order valence-corrected chi connectivity index (χ4v) is 3.45. The van der Waals surface area contributed by atoms with Crippen molar-refractivity contribution in [1.29, 1.82) is 0 Å². The maximum Gasteiger partial charge on any atom is 0.238 e.